The molecule has 23 heavy (non-hydrogen) atoms. The molecule has 7 heteroatoms. The van der Waals surface area contributed by atoms with Gasteiger partial charge in [0.1, 0.15) is 12.1 Å². The van der Waals surface area contributed by atoms with Gasteiger partial charge >= 0.3 is 0 Å². The minimum atomic E-state index is -3.96. The lowest BCUT2D eigenvalue weighted by Gasteiger charge is -2.10. The summed E-state index contributed by atoms with van der Waals surface area (Å²) in [4.78, 5) is 16.2. The third-order valence-corrected chi connectivity index (χ3v) is 5.11. The highest BCUT2D eigenvalue weighted by Gasteiger charge is 2.25. The Morgan fingerprint density at radius 2 is 1.96 bits per heavy atom. The van der Waals surface area contributed by atoms with E-state index in [9.17, 15) is 13.2 Å². The van der Waals surface area contributed by atoms with Crippen LogP contribution in [-0.2, 0) is 10.0 Å². The molecule has 1 aromatic carbocycles. The Bertz CT molecular complexity index is 1030. The van der Waals surface area contributed by atoms with Crippen LogP contribution in [0, 0.1) is 11.3 Å². The van der Waals surface area contributed by atoms with Crippen LogP contribution in [-0.4, -0.2) is 23.2 Å². The summed E-state index contributed by atoms with van der Waals surface area (Å²) >= 11 is 0. The minimum Gasteiger partial charge on any atom is -0.291 e. The molecular formula is C16H11N3O3S. The summed E-state index contributed by atoms with van der Waals surface area (Å²) < 4.78 is 26.9. The number of pyridine rings is 1. The lowest BCUT2D eigenvalue weighted by atomic mass is 10.2. The summed E-state index contributed by atoms with van der Waals surface area (Å²) in [6.45, 7) is 0. The van der Waals surface area contributed by atoms with Gasteiger partial charge in [-0.25, -0.2) is 12.4 Å². The van der Waals surface area contributed by atoms with Crippen LogP contribution in [0.1, 0.15) is 16.9 Å². The Morgan fingerprint density at radius 3 is 2.65 bits per heavy atom. The summed E-state index contributed by atoms with van der Waals surface area (Å²) in [7, 11) is -3.96. The molecule has 0 spiro atoms. The van der Waals surface area contributed by atoms with Gasteiger partial charge in [0.15, 0.2) is 5.78 Å². The van der Waals surface area contributed by atoms with Gasteiger partial charge in [-0.05, 0) is 24.3 Å². The molecule has 6 nitrogen and oxygen atoms in total. The Balaban J connectivity index is 2.34. The summed E-state index contributed by atoms with van der Waals surface area (Å²) in [5, 5.41) is 9.26. The monoisotopic (exact) mass is 325 g/mol. The van der Waals surface area contributed by atoms with Gasteiger partial charge in [-0.3, -0.25) is 9.78 Å². The molecule has 0 fully saturated rings. The van der Waals surface area contributed by atoms with E-state index in [0.29, 0.717) is 10.9 Å². The molecule has 0 amide bonds. The predicted molar refractivity (Wildman–Crippen MR) is 83.3 cm³/mol. The maximum absolute atomic E-state index is 12.9. The first-order valence-corrected chi connectivity index (χ1v) is 8.16. The van der Waals surface area contributed by atoms with E-state index in [1.807, 2.05) is 0 Å². The average Bonchev–Trinajstić information content (AvgIpc) is 2.96. The predicted octanol–water partition coefficient (Wildman–Crippen LogP) is 2.37. The Hall–Kier alpha value is -2.98. The van der Waals surface area contributed by atoms with E-state index < -0.39 is 22.2 Å². The van der Waals surface area contributed by atoms with Crippen LogP contribution in [0.25, 0.3) is 10.9 Å². The third kappa shape index (κ3) is 2.49. The number of hydrogen-bond donors (Lipinski definition) is 0. The summed E-state index contributed by atoms with van der Waals surface area (Å²) in [5.41, 5.74) is 0.309. The van der Waals surface area contributed by atoms with E-state index in [1.165, 1.54) is 36.7 Å². The smallest absolute Gasteiger partial charge is 0.268 e. The first-order valence-electron chi connectivity index (χ1n) is 6.72. The van der Waals surface area contributed by atoms with Crippen molar-refractivity contribution in [3.05, 3.63) is 60.6 Å². The number of aromatic nitrogens is 2. The van der Waals surface area contributed by atoms with Crippen molar-refractivity contribution in [3.63, 3.8) is 0 Å². The second-order valence-electron chi connectivity index (χ2n) is 4.80. The molecule has 0 saturated heterocycles. The van der Waals surface area contributed by atoms with E-state index in [-0.39, 0.29) is 10.6 Å². The second-order valence-corrected chi connectivity index (χ2v) is 6.59. The molecule has 3 aromatic rings. The molecule has 0 unspecified atom stereocenters. The zero-order valence-electron chi connectivity index (χ0n) is 11.9. The Labute approximate surface area is 132 Å². The molecule has 0 aliphatic rings. The van der Waals surface area contributed by atoms with Crippen LogP contribution in [0.4, 0.5) is 0 Å². The number of benzene rings is 1. The fourth-order valence-corrected chi connectivity index (χ4v) is 3.89. The van der Waals surface area contributed by atoms with Crippen molar-refractivity contribution in [3.8, 4) is 6.07 Å². The highest BCUT2D eigenvalue weighted by Crippen LogP contribution is 2.25. The van der Waals surface area contributed by atoms with Gasteiger partial charge in [-0.15, -0.1) is 0 Å². The highest BCUT2D eigenvalue weighted by atomic mass is 32.2. The van der Waals surface area contributed by atoms with Gasteiger partial charge in [0, 0.05) is 17.8 Å². The third-order valence-electron chi connectivity index (χ3n) is 3.36. The van der Waals surface area contributed by atoms with E-state index in [4.69, 9.17) is 5.26 Å². The summed E-state index contributed by atoms with van der Waals surface area (Å²) in [6.07, 6.45) is 2.54. The standard InChI is InChI=1S/C16H11N3O3S/c17-8-6-16(20)15-10-12-11-18-9-7-14(12)19(15)23(21,22)13-4-2-1-3-5-13/h1-5,7,9-11H,6H2. The number of fused-ring (bicyclic) bond motifs is 1. The zero-order valence-corrected chi connectivity index (χ0v) is 12.7. The number of hydrogen-bond acceptors (Lipinski definition) is 5. The van der Waals surface area contributed by atoms with Crippen LogP contribution in [0.5, 0.6) is 0 Å². The van der Waals surface area contributed by atoms with Crippen molar-refractivity contribution in [1.29, 1.82) is 5.26 Å². The molecular weight excluding hydrogens is 314 g/mol. The van der Waals surface area contributed by atoms with Crippen molar-refractivity contribution >= 4 is 26.7 Å². The molecule has 3 rings (SSSR count). The van der Waals surface area contributed by atoms with E-state index in [2.05, 4.69) is 4.98 Å². The van der Waals surface area contributed by atoms with Gasteiger partial charge in [0.25, 0.3) is 10.0 Å². The Morgan fingerprint density at radius 1 is 1.22 bits per heavy atom. The minimum absolute atomic E-state index is 0.0431. The molecule has 0 radical (unpaired) electrons. The number of nitriles is 1. The largest absolute Gasteiger partial charge is 0.291 e. The van der Waals surface area contributed by atoms with Gasteiger partial charge in [0.2, 0.25) is 0 Å². The van der Waals surface area contributed by atoms with Crippen LogP contribution in [0.15, 0.2) is 59.8 Å². The van der Waals surface area contributed by atoms with E-state index >= 15 is 0 Å². The number of Topliss-reactive ketones (excluding diaryl/α,β-unsaturated/α-hetero) is 1. The van der Waals surface area contributed by atoms with Crippen molar-refractivity contribution in [2.24, 2.45) is 0 Å². The summed E-state index contributed by atoms with van der Waals surface area (Å²) in [6, 6.07) is 12.6. The quantitative estimate of drug-likeness (QED) is 0.687. The maximum Gasteiger partial charge on any atom is 0.268 e. The van der Waals surface area contributed by atoms with Crippen LogP contribution >= 0.6 is 0 Å². The SMILES string of the molecule is N#CCC(=O)c1cc2cnccc2n1S(=O)(=O)c1ccccc1. The molecule has 0 N–H and O–H groups in total. The van der Waals surface area contributed by atoms with Crippen LogP contribution in [0.2, 0.25) is 0 Å². The molecule has 0 bridgehead atoms. The van der Waals surface area contributed by atoms with Crippen molar-refractivity contribution < 1.29 is 13.2 Å². The van der Waals surface area contributed by atoms with Crippen molar-refractivity contribution in [1.82, 2.24) is 8.96 Å². The molecule has 2 heterocycles. The lowest BCUT2D eigenvalue weighted by molar-refractivity contribution is 0.0992. The van der Waals surface area contributed by atoms with Crippen LogP contribution < -0.4 is 0 Å². The maximum atomic E-state index is 12.9. The molecule has 2 aromatic heterocycles. The number of rotatable bonds is 4. The lowest BCUT2D eigenvalue weighted by Crippen LogP contribution is -2.18. The Kier molecular flexibility index (Phi) is 3.68. The molecule has 114 valence electrons. The van der Waals surface area contributed by atoms with Crippen LogP contribution in [0.3, 0.4) is 0 Å². The second kappa shape index (κ2) is 5.66. The zero-order chi connectivity index (χ0) is 16.4. The first kappa shape index (κ1) is 14.9. The van der Waals surface area contributed by atoms with Gasteiger partial charge in [-0.2, -0.15) is 5.26 Å². The molecule has 0 aliphatic heterocycles. The van der Waals surface area contributed by atoms with Crippen molar-refractivity contribution in [2.45, 2.75) is 11.3 Å². The summed E-state index contributed by atoms with van der Waals surface area (Å²) in [5.74, 6) is -0.553. The number of carbonyl (C=O) groups excluding carboxylic acids is 1. The number of ketones is 1. The van der Waals surface area contributed by atoms with Gasteiger partial charge < -0.3 is 0 Å². The number of carbonyl (C=O) groups is 1. The fourth-order valence-electron chi connectivity index (χ4n) is 2.34. The van der Waals surface area contributed by atoms with Crippen molar-refractivity contribution in [2.75, 3.05) is 0 Å². The molecule has 0 saturated carbocycles. The highest BCUT2D eigenvalue weighted by molar-refractivity contribution is 7.90. The fraction of sp³-hybridized carbons (Fsp3) is 0.0625. The topological polar surface area (TPSA) is 92.8 Å². The first-order chi connectivity index (χ1) is 11.1. The number of nitrogens with zero attached hydrogens (tertiary/aromatic N) is 3. The molecule has 0 aliphatic carbocycles. The van der Waals surface area contributed by atoms with E-state index in [1.54, 1.807) is 24.3 Å². The average molecular weight is 325 g/mol. The van der Waals surface area contributed by atoms with E-state index in [0.717, 1.165) is 3.97 Å². The normalized spacial score (nSPS) is 11.3. The van der Waals surface area contributed by atoms with Gasteiger partial charge in [-0.1, -0.05) is 18.2 Å². The molecule has 0 atom stereocenters. The van der Waals surface area contributed by atoms with Gasteiger partial charge in [0.05, 0.1) is 16.5 Å².